The van der Waals surface area contributed by atoms with Crippen LogP contribution in [0.15, 0.2) is 47.0 Å². The highest BCUT2D eigenvalue weighted by Crippen LogP contribution is 2.43. The van der Waals surface area contributed by atoms with Gasteiger partial charge in [-0.1, -0.05) is 35.5 Å². The van der Waals surface area contributed by atoms with Crippen LogP contribution in [0.25, 0.3) is 22.2 Å². The third-order valence-corrected chi connectivity index (χ3v) is 3.46. The molecule has 1 atom stereocenters. The monoisotopic (exact) mass is 297 g/mol. The van der Waals surface area contributed by atoms with E-state index < -0.39 is 12.3 Å². The highest BCUT2D eigenvalue weighted by molar-refractivity contribution is 5.96. The van der Waals surface area contributed by atoms with Gasteiger partial charge in [0.25, 0.3) is 0 Å². The number of carbonyl (C=O) groups is 1. The second kappa shape index (κ2) is 4.77. The number of aromatic nitrogens is 1. The summed E-state index contributed by atoms with van der Waals surface area (Å²) >= 11 is 0. The van der Waals surface area contributed by atoms with E-state index in [1.165, 1.54) is 7.11 Å². The van der Waals surface area contributed by atoms with Crippen molar-refractivity contribution in [2.45, 2.75) is 6.29 Å². The zero-order valence-electron chi connectivity index (χ0n) is 11.6. The van der Waals surface area contributed by atoms with Crippen LogP contribution in [-0.2, 0) is 9.53 Å². The molecule has 0 bridgehead atoms. The summed E-state index contributed by atoms with van der Waals surface area (Å²) in [5.74, 6) is 0.188. The maximum atomic E-state index is 11.5. The first-order chi connectivity index (χ1) is 10.8. The van der Waals surface area contributed by atoms with Gasteiger partial charge >= 0.3 is 12.3 Å². The maximum absolute atomic E-state index is 11.5. The zero-order valence-corrected chi connectivity index (χ0v) is 11.6. The number of ether oxygens (including phenoxy) is 3. The summed E-state index contributed by atoms with van der Waals surface area (Å²) in [7, 11) is 1.27. The molecule has 1 aromatic heterocycles. The lowest BCUT2D eigenvalue weighted by atomic mass is 10.1. The van der Waals surface area contributed by atoms with Gasteiger partial charge in [0.1, 0.15) is 5.69 Å². The summed E-state index contributed by atoms with van der Waals surface area (Å²) in [6.45, 7) is 0. The number of benzene rings is 2. The first-order valence-electron chi connectivity index (χ1n) is 6.67. The molecule has 1 aliphatic heterocycles. The normalized spacial score (nSPS) is 16.0. The number of rotatable bonds is 2. The molecule has 0 aliphatic carbocycles. The molecule has 6 nitrogen and oxygen atoms in total. The number of carbonyl (C=O) groups excluding carboxylic acids is 1. The van der Waals surface area contributed by atoms with Crippen LogP contribution < -0.4 is 9.47 Å². The molecule has 1 unspecified atom stereocenters. The Morgan fingerprint density at radius 3 is 2.73 bits per heavy atom. The van der Waals surface area contributed by atoms with Gasteiger partial charge in [0, 0.05) is 5.56 Å². The van der Waals surface area contributed by atoms with Gasteiger partial charge in [0.05, 0.1) is 12.5 Å². The second-order valence-electron chi connectivity index (χ2n) is 4.76. The summed E-state index contributed by atoms with van der Waals surface area (Å²) in [6.07, 6.45) is -1.11. The topological polar surface area (TPSA) is 70.8 Å². The van der Waals surface area contributed by atoms with E-state index in [-0.39, 0.29) is 0 Å². The molecule has 2 heterocycles. The van der Waals surface area contributed by atoms with Crippen LogP contribution in [0.5, 0.6) is 11.5 Å². The molecule has 110 valence electrons. The Bertz CT molecular complexity index is 856. The minimum absolute atomic E-state index is 0.364. The third-order valence-electron chi connectivity index (χ3n) is 3.46. The Labute approximate surface area is 125 Å². The van der Waals surface area contributed by atoms with E-state index in [9.17, 15) is 4.79 Å². The molecule has 0 radical (unpaired) electrons. The summed E-state index contributed by atoms with van der Waals surface area (Å²) in [4.78, 5) is 11.5. The number of nitrogens with zero attached hydrogens (tertiary/aromatic N) is 1. The van der Waals surface area contributed by atoms with Crippen LogP contribution >= 0.6 is 0 Å². The molecule has 0 fully saturated rings. The van der Waals surface area contributed by atoms with E-state index in [4.69, 9.17) is 14.0 Å². The van der Waals surface area contributed by atoms with Crippen molar-refractivity contribution in [1.29, 1.82) is 0 Å². The lowest BCUT2D eigenvalue weighted by molar-refractivity contribution is -0.158. The Balaban J connectivity index is 1.81. The average molecular weight is 297 g/mol. The van der Waals surface area contributed by atoms with Crippen LogP contribution in [0, 0.1) is 0 Å². The standard InChI is InChI=1S/C16H11NO5/c1-19-15(18)16-20-11-8-7-10-12(9-5-3-2-4-6-9)17-22-13(10)14(11)21-16/h2-8,16H,1H3. The summed E-state index contributed by atoms with van der Waals surface area (Å²) in [5.41, 5.74) is 2.09. The molecule has 3 aromatic rings. The van der Waals surface area contributed by atoms with Gasteiger partial charge in [-0.2, -0.15) is 0 Å². The average Bonchev–Trinajstić information content (AvgIpc) is 3.18. The van der Waals surface area contributed by atoms with Gasteiger partial charge in [-0.05, 0) is 12.1 Å². The number of methoxy groups -OCH3 is 1. The van der Waals surface area contributed by atoms with E-state index >= 15 is 0 Å². The van der Waals surface area contributed by atoms with Crippen LogP contribution in [0.4, 0.5) is 0 Å². The predicted octanol–water partition coefficient (Wildman–Crippen LogP) is 2.77. The molecule has 0 spiro atoms. The van der Waals surface area contributed by atoms with Crippen LogP contribution in [-0.4, -0.2) is 24.5 Å². The lowest BCUT2D eigenvalue weighted by Crippen LogP contribution is -2.30. The highest BCUT2D eigenvalue weighted by atomic mass is 16.7. The molecule has 0 saturated carbocycles. The van der Waals surface area contributed by atoms with Gasteiger partial charge in [-0.15, -0.1) is 0 Å². The molecular weight excluding hydrogens is 286 g/mol. The fraction of sp³-hybridized carbons (Fsp3) is 0.125. The number of hydrogen-bond acceptors (Lipinski definition) is 6. The Morgan fingerprint density at radius 1 is 1.14 bits per heavy atom. The first kappa shape index (κ1) is 12.7. The van der Waals surface area contributed by atoms with E-state index in [2.05, 4.69) is 9.89 Å². The highest BCUT2D eigenvalue weighted by Gasteiger charge is 2.35. The van der Waals surface area contributed by atoms with Crippen LogP contribution in [0.2, 0.25) is 0 Å². The number of esters is 1. The van der Waals surface area contributed by atoms with Crippen molar-refractivity contribution in [1.82, 2.24) is 5.16 Å². The van der Waals surface area contributed by atoms with Gasteiger partial charge in [0.15, 0.2) is 5.75 Å². The third kappa shape index (κ3) is 1.81. The van der Waals surface area contributed by atoms with Gasteiger partial charge in [-0.3, -0.25) is 0 Å². The van der Waals surface area contributed by atoms with Gasteiger partial charge in [-0.25, -0.2) is 4.79 Å². The van der Waals surface area contributed by atoms with Crippen molar-refractivity contribution in [2.75, 3.05) is 7.11 Å². The predicted molar refractivity (Wildman–Crippen MR) is 76.5 cm³/mol. The van der Waals surface area contributed by atoms with Crippen LogP contribution in [0.1, 0.15) is 0 Å². The first-order valence-corrected chi connectivity index (χ1v) is 6.67. The second-order valence-corrected chi connectivity index (χ2v) is 4.76. The van der Waals surface area contributed by atoms with Crippen molar-refractivity contribution >= 4 is 16.9 Å². The largest absolute Gasteiger partial charge is 0.463 e. The van der Waals surface area contributed by atoms with Gasteiger partial charge < -0.3 is 18.7 Å². The molecule has 22 heavy (non-hydrogen) atoms. The number of hydrogen-bond donors (Lipinski definition) is 0. The molecule has 6 heteroatoms. The van der Waals surface area contributed by atoms with Crippen molar-refractivity contribution in [3.05, 3.63) is 42.5 Å². The molecule has 0 N–H and O–H groups in total. The van der Waals surface area contributed by atoms with Crippen molar-refractivity contribution in [2.24, 2.45) is 0 Å². The Hall–Kier alpha value is -3.02. The quantitative estimate of drug-likeness (QED) is 0.677. The van der Waals surface area contributed by atoms with Crippen molar-refractivity contribution in [3.8, 4) is 22.8 Å². The molecule has 4 rings (SSSR count). The van der Waals surface area contributed by atoms with E-state index in [0.717, 1.165) is 10.9 Å². The number of fused-ring (bicyclic) bond motifs is 3. The van der Waals surface area contributed by atoms with E-state index in [0.29, 0.717) is 22.8 Å². The Morgan fingerprint density at radius 2 is 1.95 bits per heavy atom. The SMILES string of the molecule is COC(=O)C1Oc2ccc3c(-c4ccccc4)noc3c2O1. The molecule has 0 amide bonds. The summed E-state index contributed by atoms with van der Waals surface area (Å²) in [5, 5.41) is 4.90. The lowest BCUT2D eigenvalue weighted by Gasteiger charge is -2.05. The van der Waals surface area contributed by atoms with Crippen molar-refractivity contribution in [3.63, 3.8) is 0 Å². The van der Waals surface area contributed by atoms with E-state index in [1.807, 2.05) is 36.4 Å². The molecule has 1 aliphatic rings. The Kier molecular flexibility index (Phi) is 2.75. The minimum Gasteiger partial charge on any atom is -0.463 e. The van der Waals surface area contributed by atoms with Gasteiger partial charge in [0.2, 0.25) is 11.3 Å². The fourth-order valence-electron chi connectivity index (χ4n) is 2.41. The summed E-state index contributed by atoms with van der Waals surface area (Å²) in [6, 6.07) is 13.2. The minimum atomic E-state index is -1.11. The fourth-order valence-corrected chi connectivity index (χ4v) is 2.41. The summed E-state index contributed by atoms with van der Waals surface area (Å²) < 4.78 is 20.9. The van der Waals surface area contributed by atoms with Crippen molar-refractivity contribution < 1.29 is 23.5 Å². The molecule has 2 aromatic carbocycles. The zero-order chi connectivity index (χ0) is 15.1. The smallest absolute Gasteiger partial charge is 0.389 e. The molecular formula is C16H11NO5. The van der Waals surface area contributed by atoms with E-state index in [1.54, 1.807) is 6.07 Å². The molecule has 0 saturated heterocycles. The maximum Gasteiger partial charge on any atom is 0.389 e. The van der Waals surface area contributed by atoms with Crippen LogP contribution in [0.3, 0.4) is 0 Å².